The molecule has 1 fully saturated rings. The van der Waals surface area contributed by atoms with E-state index in [0.29, 0.717) is 30.9 Å². The monoisotopic (exact) mass is 345 g/mol. The Hall–Kier alpha value is -2.05. The Balaban J connectivity index is 1.99. The average Bonchev–Trinajstić information content (AvgIpc) is 2.58. The molecular formula is C19H23NO5. The number of ether oxygens (including phenoxy) is 2. The minimum Gasteiger partial charge on any atom is -0.633 e. The van der Waals surface area contributed by atoms with E-state index in [9.17, 15) is 15.1 Å². The predicted molar refractivity (Wildman–Crippen MR) is 91.1 cm³/mol. The molecule has 4 atom stereocenters. The lowest BCUT2D eigenvalue weighted by atomic mass is 9.53. The summed E-state index contributed by atoms with van der Waals surface area (Å²) in [5.74, 6) is 0.631. The molecule has 6 nitrogen and oxygen atoms in total. The Morgan fingerprint density at radius 1 is 1.32 bits per heavy atom. The maximum Gasteiger partial charge on any atom is 0.197 e. The number of allylic oxidation sites excluding steroid dienone is 1. The van der Waals surface area contributed by atoms with Crippen molar-refractivity contribution in [2.45, 2.75) is 30.7 Å². The molecule has 1 saturated heterocycles. The number of likely N-dealkylation sites (N-methyl/N-ethyl adjacent to an activating group) is 1. The molecule has 0 saturated carbocycles. The van der Waals surface area contributed by atoms with E-state index in [4.69, 9.17) is 9.47 Å². The van der Waals surface area contributed by atoms with Crippen molar-refractivity contribution in [1.82, 2.24) is 0 Å². The molecule has 0 aromatic heterocycles. The molecule has 4 rings (SSSR count). The van der Waals surface area contributed by atoms with Crippen molar-refractivity contribution >= 4 is 5.78 Å². The fourth-order valence-electron chi connectivity index (χ4n) is 5.18. The number of aromatic hydroxyl groups is 1. The van der Waals surface area contributed by atoms with E-state index in [1.807, 2.05) is 12.1 Å². The molecule has 0 radical (unpaired) electrons. The number of carbonyl (C=O) groups excluding carboxylic acids is 1. The second-order valence-electron chi connectivity index (χ2n) is 7.59. The van der Waals surface area contributed by atoms with Gasteiger partial charge >= 0.3 is 0 Å². The summed E-state index contributed by atoms with van der Waals surface area (Å²) in [5.41, 5.74) is 1.17. The largest absolute Gasteiger partial charge is 0.633 e. The number of hydrogen-bond acceptors (Lipinski definition) is 5. The number of quaternary nitrogens is 1. The lowest BCUT2D eigenvalue weighted by Crippen LogP contribution is -2.66. The molecule has 134 valence electrons. The highest BCUT2D eigenvalue weighted by Gasteiger charge is 2.60. The molecule has 0 spiro atoms. The van der Waals surface area contributed by atoms with Crippen LogP contribution in [0.5, 0.6) is 11.5 Å². The van der Waals surface area contributed by atoms with Crippen LogP contribution < -0.4 is 4.74 Å². The van der Waals surface area contributed by atoms with Gasteiger partial charge in [-0.3, -0.25) is 4.79 Å². The van der Waals surface area contributed by atoms with E-state index in [2.05, 4.69) is 0 Å². The number of hydrogen-bond donors (Lipinski definition) is 1. The van der Waals surface area contributed by atoms with Gasteiger partial charge < -0.3 is 24.4 Å². The van der Waals surface area contributed by atoms with Gasteiger partial charge in [0.15, 0.2) is 23.0 Å². The summed E-state index contributed by atoms with van der Waals surface area (Å²) in [4.78, 5) is 12.6. The summed E-state index contributed by atoms with van der Waals surface area (Å²) in [6.07, 6.45) is 3.20. The predicted octanol–water partition coefficient (Wildman–Crippen LogP) is 2.03. The van der Waals surface area contributed by atoms with Gasteiger partial charge in [0.1, 0.15) is 0 Å². The third-order valence-corrected chi connectivity index (χ3v) is 6.43. The highest BCUT2D eigenvalue weighted by atomic mass is 16.5. The topological polar surface area (TPSA) is 78.8 Å². The molecular weight excluding hydrogens is 322 g/mol. The van der Waals surface area contributed by atoms with Crippen LogP contribution in [0, 0.1) is 11.1 Å². The summed E-state index contributed by atoms with van der Waals surface area (Å²) in [7, 11) is 4.71. The molecule has 6 heteroatoms. The quantitative estimate of drug-likeness (QED) is 0.655. The molecule has 2 bridgehead atoms. The average molecular weight is 345 g/mol. The molecule has 1 unspecified atom stereocenters. The second-order valence-corrected chi connectivity index (χ2v) is 7.59. The first-order chi connectivity index (χ1) is 11.8. The molecule has 1 aliphatic heterocycles. The van der Waals surface area contributed by atoms with Crippen molar-refractivity contribution < 1.29 is 24.0 Å². The number of likely N-dealkylation sites (tertiary alicyclic amines) is 1. The van der Waals surface area contributed by atoms with Gasteiger partial charge in [0.25, 0.3) is 0 Å². The molecule has 1 heterocycles. The van der Waals surface area contributed by atoms with Gasteiger partial charge in [0.05, 0.1) is 33.9 Å². The minimum absolute atomic E-state index is 0.0745. The second kappa shape index (κ2) is 5.22. The van der Waals surface area contributed by atoms with Crippen LogP contribution in [0.1, 0.15) is 24.0 Å². The number of hydroxylamine groups is 3. The summed E-state index contributed by atoms with van der Waals surface area (Å²) in [6, 6.07) is 3.47. The third-order valence-electron chi connectivity index (χ3n) is 6.43. The van der Waals surface area contributed by atoms with Crippen molar-refractivity contribution in [3.05, 3.63) is 40.3 Å². The number of Topliss-reactive ketones (excluding diaryl/α,β-unsaturated/α-hetero) is 1. The van der Waals surface area contributed by atoms with Gasteiger partial charge in [-0.15, -0.1) is 0 Å². The van der Waals surface area contributed by atoms with E-state index in [1.165, 1.54) is 14.2 Å². The number of benzene rings is 1. The molecule has 0 amide bonds. The summed E-state index contributed by atoms with van der Waals surface area (Å²) in [5, 5.41) is 24.0. The Bertz CT molecular complexity index is 784. The number of carbonyl (C=O) groups is 1. The number of ketones is 1. The van der Waals surface area contributed by atoms with Gasteiger partial charge in [-0.1, -0.05) is 6.07 Å². The minimum atomic E-state index is -0.557. The van der Waals surface area contributed by atoms with Crippen LogP contribution in [0.25, 0.3) is 0 Å². The number of fused-ring (bicyclic) bond motifs is 1. The number of phenolic OH excluding ortho intramolecular Hbond substituents is 1. The maximum absolute atomic E-state index is 13.1. The van der Waals surface area contributed by atoms with Gasteiger partial charge in [-0.2, -0.15) is 0 Å². The Labute approximate surface area is 146 Å². The van der Waals surface area contributed by atoms with Gasteiger partial charge in [0, 0.05) is 36.2 Å². The summed E-state index contributed by atoms with van der Waals surface area (Å²) in [6.45, 7) is 0.431. The Morgan fingerprint density at radius 2 is 2.08 bits per heavy atom. The van der Waals surface area contributed by atoms with Crippen LogP contribution in [0.2, 0.25) is 0 Å². The zero-order valence-corrected chi connectivity index (χ0v) is 14.7. The summed E-state index contributed by atoms with van der Waals surface area (Å²) < 4.78 is 10.2. The number of methoxy groups -OCH3 is 2. The lowest BCUT2D eigenvalue weighted by molar-refractivity contribution is -0.898. The van der Waals surface area contributed by atoms with Gasteiger partial charge in [-0.25, -0.2) is 0 Å². The highest BCUT2D eigenvalue weighted by Crippen LogP contribution is 2.58. The Kier molecular flexibility index (Phi) is 3.43. The van der Waals surface area contributed by atoms with Crippen LogP contribution in [0.4, 0.5) is 0 Å². The maximum atomic E-state index is 13.1. The van der Waals surface area contributed by atoms with E-state index < -0.39 is 5.41 Å². The van der Waals surface area contributed by atoms with Crippen molar-refractivity contribution in [2.75, 3.05) is 27.8 Å². The van der Waals surface area contributed by atoms with Gasteiger partial charge in [0.2, 0.25) is 0 Å². The smallest absolute Gasteiger partial charge is 0.197 e. The van der Waals surface area contributed by atoms with Crippen LogP contribution in [0.15, 0.2) is 24.0 Å². The van der Waals surface area contributed by atoms with Crippen molar-refractivity contribution in [2.24, 2.45) is 5.92 Å². The molecule has 1 aromatic carbocycles. The van der Waals surface area contributed by atoms with E-state index in [1.54, 1.807) is 13.1 Å². The van der Waals surface area contributed by atoms with E-state index in [0.717, 1.165) is 11.1 Å². The lowest BCUT2D eigenvalue weighted by Gasteiger charge is -2.61. The zero-order valence-electron chi connectivity index (χ0n) is 14.7. The first-order valence-electron chi connectivity index (χ1n) is 8.58. The normalized spacial score (nSPS) is 36.2. The molecule has 1 aromatic rings. The molecule has 3 aliphatic rings. The standard InChI is InChI=1S/C19H23NO5/c1-20(23)7-6-19-10-14(21)16(25-3)9-12(19)13(20)8-11-4-5-15(24-2)18(22)17(11)19/h4-5,9,12-13,22H,6-8,10H2,1-3H3/t12-,13-,19+,20?/m1/s1. The summed E-state index contributed by atoms with van der Waals surface area (Å²) >= 11 is 0. The fraction of sp³-hybridized carbons (Fsp3) is 0.526. The van der Waals surface area contributed by atoms with Crippen molar-refractivity contribution in [3.63, 3.8) is 0 Å². The van der Waals surface area contributed by atoms with E-state index in [-0.39, 0.29) is 34.6 Å². The van der Waals surface area contributed by atoms with Crippen LogP contribution in [-0.4, -0.2) is 49.4 Å². The number of phenols is 1. The first kappa shape index (κ1) is 16.4. The Morgan fingerprint density at radius 3 is 2.76 bits per heavy atom. The fourth-order valence-corrected chi connectivity index (χ4v) is 5.18. The highest BCUT2D eigenvalue weighted by molar-refractivity contribution is 5.96. The molecule has 2 aliphatic carbocycles. The van der Waals surface area contributed by atoms with Crippen LogP contribution in [-0.2, 0) is 21.4 Å². The zero-order chi connectivity index (χ0) is 18.0. The van der Waals surface area contributed by atoms with Crippen molar-refractivity contribution in [1.29, 1.82) is 0 Å². The number of piperidine rings is 1. The number of rotatable bonds is 2. The number of nitrogens with zero attached hydrogens (tertiary/aromatic N) is 1. The van der Waals surface area contributed by atoms with Crippen molar-refractivity contribution in [3.8, 4) is 11.5 Å². The third kappa shape index (κ3) is 2.07. The van der Waals surface area contributed by atoms with E-state index >= 15 is 0 Å². The van der Waals surface area contributed by atoms with Crippen LogP contribution in [0.3, 0.4) is 0 Å². The SMILES string of the molecule is COC1=C[C@@H]2[C@H]3Cc4ccc(OC)c(O)c4[C@@]2(CC[N+]3(C)[O-])CC1=O. The molecule has 1 N–H and O–H groups in total. The molecule has 25 heavy (non-hydrogen) atoms. The van der Waals surface area contributed by atoms with Gasteiger partial charge in [-0.05, 0) is 17.7 Å². The van der Waals surface area contributed by atoms with Crippen LogP contribution >= 0.6 is 0 Å². The first-order valence-corrected chi connectivity index (χ1v) is 8.58.